The molecule has 0 amide bonds. The molecule has 0 aliphatic heterocycles. The summed E-state index contributed by atoms with van der Waals surface area (Å²) in [6.07, 6.45) is 3.53. The van der Waals surface area contributed by atoms with E-state index in [0.717, 1.165) is 33.4 Å². The molecule has 0 fully saturated rings. The Hall–Kier alpha value is -4.31. The van der Waals surface area contributed by atoms with Crippen LogP contribution in [0.25, 0.3) is 22.5 Å². The minimum absolute atomic E-state index is 0.662. The van der Waals surface area contributed by atoms with Crippen molar-refractivity contribution >= 4 is 25.9 Å². The normalized spacial score (nSPS) is 10.4. The fraction of sp³-hybridized carbons (Fsp3) is 0. The van der Waals surface area contributed by atoms with E-state index in [-0.39, 0.29) is 0 Å². The molecular weight excluding hydrogens is 418 g/mol. The zero-order chi connectivity index (χ0) is 23.0. The van der Waals surface area contributed by atoms with Crippen molar-refractivity contribution in [1.29, 1.82) is 0 Å². The van der Waals surface area contributed by atoms with Crippen LogP contribution in [0.2, 0.25) is 0 Å². The molecule has 2 radical (unpaired) electrons. The topological polar surface area (TPSA) is 44.2 Å². The Balaban J connectivity index is 1.57. The average Bonchev–Trinajstić information content (AvgIpc) is 2.93. The van der Waals surface area contributed by atoms with Gasteiger partial charge in [0.1, 0.15) is 11.5 Å². The van der Waals surface area contributed by atoms with E-state index in [9.17, 15) is 0 Å². The SMILES string of the molecule is [B](Oc1cc(-c2ccccn2)c(O[B]c2ccccc2)cc1-c1ccccn1)c1ccccc1. The van der Waals surface area contributed by atoms with Crippen molar-refractivity contribution in [3.05, 3.63) is 122 Å². The largest absolute Gasteiger partial charge is 0.557 e. The predicted molar refractivity (Wildman–Crippen MR) is 138 cm³/mol. The molecule has 5 rings (SSSR count). The number of aromatic nitrogens is 2. The second kappa shape index (κ2) is 10.5. The molecule has 3 aromatic carbocycles. The summed E-state index contributed by atoms with van der Waals surface area (Å²) in [6, 6.07) is 35.3. The Morgan fingerprint density at radius 2 is 0.882 bits per heavy atom. The number of benzene rings is 3. The van der Waals surface area contributed by atoms with Crippen molar-refractivity contribution in [3.63, 3.8) is 0 Å². The standard InChI is InChI=1S/C28H20B2N2O2/c1-3-11-21(12-4-1)29-33-27-19-24(26-16-8-10-18-32-26)28(34-30-22-13-5-2-6-14-22)20-23(27)25-15-7-9-17-31-25/h1-20H. The molecule has 34 heavy (non-hydrogen) atoms. The number of pyridine rings is 2. The van der Waals surface area contributed by atoms with Crippen molar-refractivity contribution < 1.29 is 9.31 Å². The van der Waals surface area contributed by atoms with E-state index in [0.29, 0.717) is 11.5 Å². The molecule has 0 unspecified atom stereocenters. The molecule has 0 N–H and O–H groups in total. The quantitative estimate of drug-likeness (QED) is 0.336. The number of hydrogen-bond acceptors (Lipinski definition) is 4. The van der Waals surface area contributed by atoms with Gasteiger partial charge in [-0.15, -0.1) is 0 Å². The molecule has 4 nitrogen and oxygen atoms in total. The van der Waals surface area contributed by atoms with Gasteiger partial charge < -0.3 is 9.31 Å². The third-order valence-corrected chi connectivity index (χ3v) is 5.21. The van der Waals surface area contributed by atoms with Gasteiger partial charge >= 0.3 is 15.0 Å². The first kappa shape index (κ1) is 21.5. The summed E-state index contributed by atoms with van der Waals surface area (Å²) in [5, 5.41) is 0. The molecule has 2 aromatic heterocycles. The second-order valence-corrected chi connectivity index (χ2v) is 7.57. The van der Waals surface area contributed by atoms with Crippen LogP contribution in [-0.2, 0) is 0 Å². The first-order valence-electron chi connectivity index (χ1n) is 11.0. The molecule has 0 saturated carbocycles. The Kier molecular flexibility index (Phi) is 6.67. The average molecular weight is 438 g/mol. The molecule has 0 aliphatic rings. The highest BCUT2D eigenvalue weighted by atomic mass is 16.4. The van der Waals surface area contributed by atoms with Crippen molar-refractivity contribution in [1.82, 2.24) is 9.97 Å². The van der Waals surface area contributed by atoms with Gasteiger partial charge in [-0.2, -0.15) is 0 Å². The fourth-order valence-corrected chi connectivity index (χ4v) is 3.53. The van der Waals surface area contributed by atoms with E-state index >= 15 is 0 Å². The molecule has 6 heteroatoms. The van der Waals surface area contributed by atoms with Crippen LogP contribution in [0, 0.1) is 0 Å². The van der Waals surface area contributed by atoms with E-state index in [1.807, 2.05) is 109 Å². The summed E-state index contributed by atoms with van der Waals surface area (Å²) in [7, 11) is 3.47. The molecule has 5 aromatic rings. The van der Waals surface area contributed by atoms with Gasteiger partial charge in [-0.25, -0.2) is 0 Å². The Bertz CT molecular complexity index is 1230. The summed E-state index contributed by atoms with van der Waals surface area (Å²) in [4.78, 5) is 9.10. The first-order chi connectivity index (χ1) is 16.9. The fourth-order valence-electron chi connectivity index (χ4n) is 3.53. The molecule has 0 aliphatic carbocycles. The van der Waals surface area contributed by atoms with Gasteiger partial charge in [0, 0.05) is 23.5 Å². The predicted octanol–water partition coefficient (Wildman–Crippen LogP) is 4.46. The Morgan fingerprint density at radius 3 is 1.26 bits per heavy atom. The van der Waals surface area contributed by atoms with E-state index in [4.69, 9.17) is 9.31 Å². The monoisotopic (exact) mass is 438 g/mol. The maximum atomic E-state index is 6.20. The van der Waals surface area contributed by atoms with Crippen LogP contribution in [0.15, 0.2) is 122 Å². The van der Waals surface area contributed by atoms with Gasteiger partial charge in [0.15, 0.2) is 0 Å². The maximum absolute atomic E-state index is 6.20. The molecule has 0 spiro atoms. The van der Waals surface area contributed by atoms with Gasteiger partial charge in [0.25, 0.3) is 0 Å². The molecule has 0 bridgehead atoms. The third kappa shape index (κ3) is 5.18. The van der Waals surface area contributed by atoms with Crippen molar-refractivity contribution in [3.8, 4) is 34.0 Å². The molecular formula is C28H20B2N2O2. The zero-order valence-electron chi connectivity index (χ0n) is 18.4. The number of nitrogens with zero attached hydrogens (tertiary/aromatic N) is 2. The molecule has 0 atom stereocenters. The van der Waals surface area contributed by atoms with E-state index < -0.39 is 0 Å². The summed E-state index contributed by atoms with van der Waals surface area (Å²) in [6.45, 7) is 0. The highest BCUT2D eigenvalue weighted by molar-refractivity contribution is 6.48. The van der Waals surface area contributed by atoms with Crippen LogP contribution in [0.4, 0.5) is 0 Å². The number of hydrogen-bond donors (Lipinski definition) is 0. The summed E-state index contributed by atoms with van der Waals surface area (Å²) in [5.41, 5.74) is 5.15. The van der Waals surface area contributed by atoms with Gasteiger partial charge in [0.2, 0.25) is 0 Å². The van der Waals surface area contributed by atoms with Gasteiger partial charge in [-0.1, -0.05) is 72.8 Å². The van der Waals surface area contributed by atoms with Crippen LogP contribution in [0.1, 0.15) is 0 Å². The highest BCUT2D eigenvalue weighted by Gasteiger charge is 2.17. The first-order valence-corrected chi connectivity index (χ1v) is 11.0. The lowest BCUT2D eigenvalue weighted by atomic mass is 9.87. The summed E-state index contributed by atoms with van der Waals surface area (Å²) in [5.74, 6) is 1.32. The van der Waals surface area contributed by atoms with E-state index in [1.54, 1.807) is 27.4 Å². The minimum atomic E-state index is 0.662. The van der Waals surface area contributed by atoms with E-state index in [1.165, 1.54) is 0 Å². The zero-order valence-corrected chi connectivity index (χ0v) is 18.4. The third-order valence-electron chi connectivity index (χ3n) is 5.21. The van der Waals surface area contributed by atoms with Crippen LogP contribution in [-0.4, -0.2) is 24.9 Å². The van der Waals surface area contributed by atoms with Crippen molar-refractivity contribution in [2.24, 2.45) is 0 Å². The van der Waals surface area contributed by atoms with E-state index in [2.05, 4.69) is 9.97 Å². The lowest BCUT2D eigenvalue weighted by Gasteiger charge is -2.18. The summed E-state index contributed by atoms with van der Waals surface area (Å²) >= 11 is 0. The van der Waals surface area contributed by atoms with Crippen molar-refractivity contribution in [2.75, 3.05) is 0 Å². The Labute approximate surface area is 200 Å². The maximum Gasteiger partial charge on any atom is 0.408 e. The minimum Gasteiger partial charge on any atom is -0.557 e. The van der Waals surface area contributed by atoms with Gasteiger partial charge in [0.05, 0.1) is 11.4 Å². The molecule has 0 saturated heterocycles. The van der Waals surface area contributed by atoms with Crippen LogP contribution >= 0.6 is 0 Å². The van der Waals surface area contributed by atoms with Gasteiger partial charge in [-0.3, -0.25) is 9.97 Å². The molecule has 2 heterocycles. The number of rotatable bonds is 8. The lowest BCUT2D eigenvalue weighted by molar-refractivity contribution is 0.591. The second-order valence-electron chi connectivity index (χ2n) is 7.57. The highest BCUT2D eigenvalue weighted by Crippen LogP contribution is 2.39. The molecule has 160 valence electrons. The van der Waals surface area contributed by atoms with Crippen LogP contribution in [0.5, 0.6) is 11.5 Å². The van der Waals surface area contributed by atoms with Gasteiger partial charge in [-0.05, 0) is 47.3 Å². The summed E-state index contributed by atoms with van der Waals surface area (Å²) < 4.78 is 12.4. The van der Waals surface area contributed by atoms with Crippen molar-refractivity contribution in [2.45, 2.75) is 0 Å². The smallest absolute Gasteiger partial charge is 0.408 e. The Morgan fingerprint density at radius 1 is 0.471 bits per heavy atom. The lowest BCUT2D eigenvalue weighted by Crippen LogP contribution is -2.21. The van der Waals surface area contributed by atoms with Crippen LogP contribution in [0.3, 0.4) is 0 Å². The van der Waals surface area contributed by atoms with Crippen LogP contribution < -0.4 is 20.2 Å².